The number of benzene rings is 10. The highest BCUT2D eigenvalue weighted by Gasteiger charge is 2.49. The molecule has 2 heterocycles. The molecule has 68 heavy (non-hydrogen) atoms. The van der Waals surface area contributed by atoms with Crippen molar-refractivity contribution in [1.29, 1.82) is 0 Å². The molecule has 0 fully saturated rings. The van der Waals surface area contributed by atoms with E-state index in [1.807, 2.05) is 24.3 Å². The fourth-order valence-electron chi connectivity index (χ4n) is 11.3. The molecule has 4 nitrogen and oxygen atoms in total. The summed E-state index contributed by atoms with van der Waals surface area (Å²) in [6.07, 6.45) is 0. The molecule has 0 aliphatic heterocycles. The Kier molecular flexibility index (Phi) is 9.45. The highest BCUT2D eigenvalue weighted by Crippen LogP contribution is 2.58. The number of ether oxygens (including phenoxy) is 2. The number of hydrogen-bond acceptors (Lipinski definition) is 2. The van der Waals surface area contributed by atoms with Crippen molar-refractivity contribution < 1.29 is 9.47 Å². The van der Waals surface area contributed by atoms with E-state index in [9.17, 15) is 0 Å². The number of hydrogen-bond donors (Lipinski definition) is 0. The van der Waals surface area contributed by atoms with E-state index in [2.05, 4.69) is 221 Å². The van der Waals surface area contributed by atoms with Gasteiger partial charge >= 0.3 is 0 Å². The fourth-order valence-corrected chi connectivity index (χ4v) is 13.8. The summed E-state index contributed by atoms with van der Waals surface area (Å²) in [6, 6.07) is 87.7. The van der Waals surface area contributed by atoms with E-state index in [1.165, 1.54) is 70.8 Å². The van der Waals surface area contributed by atoms with Crippen LogP contribution in [0.1, 0.15) is 22.3 Å². The number of para-hydroxylation sites is 2. The Morgan fingerprint density at radius 3 is 1.32 bits per heavy atom. The maximum Gasteiger partial charge on any atom is 0.119 e. The van der Waals surface area contributed by atoms with E-state index in [-0.39, 0.29) is 0 Å². The van der Waals surface area contributed by atoms with Gasteiger partial charge in [0.1, 0.15) is 11.5 Å². The third-order valence-electron chi connectivity index (χ3n) is 14.2. The van der Waals surface area contributed by atoms with Crippen LogP contribution in [0.4, 0.5) is 0 Å². The Labute approximate surface area is 396 Å². The molecular weight excluding hydrogens is 848 g/mol. The molecular formula is C63H45N2O2P. The topological polar surface area (TPSA) is 28.3 Å². The first kappa shape index (κ1) is 40.1. The molecule has 0 spiro atoms. The van der Waals surface area contributed by atoms with Crippen molar-refractivity contribution in [3.63, 3.8) is 0 Å². The van der Waals surface area contributed by atoms with Crippen LogP contribution in [-0.4, -0.2) is 23.4 Å². The lowest BCUT2D eigenvalue weighted by molar-refractivity contribution is 0.414. The first-order valence-electron chi connectivity index (χ1n) is 23.2. The molecule has 0 radical (unpaired) electrons. The van der Waals surface area contributed by atoms with Gasteiger partial charge in [0.15, 0.2) is 0 Å². The maximum absolute atomic E-state index is 5.60. The quantitative estimate of drug-likeness (QED) is 0.135. The molecule has 324 valence electrons. The van der Waals surface area contributed by atoms with Gasteiger partial charge in [0.05, 0.1) is 41.7 Å². The van der Waals surface area contributed by atoms with E-state index in [0.717, 1.165) is 44.9 Å². The summed E-state index contributed by atoms with van der Waals surface area (Å²) in [7, 11) is 2.43. The second-order valence-electron chi connectivity index (χ2n) is 17.6. The van der Waals surface area contributed by atoms with Crippen LogP contribution in [0.2, 0.25) is 0 Å². The lowest BCUT2D eigenvalue weighted by Crippen LogP contribution is -2.35. The van der Waals surface area contributed by atoms with Crippen LogP contribution in [-0.2, 0) is 5.41 Å². The largest absolute Gasteiger partial charge is 0.497 e. The summed E-state index contributed by atoms with van der Waals surface area (Å²) < 4.78 is 16.0. The predicted octanol–water partition coefficient (Wildman–Crippen LogP) is 14.0. The van der Waals surface area contributed by atoms with Gasteiger partial charge in [0, 0.05) is 32.9 Å². The Bertz CT molecular complexity index is 3670. The first-order valence-corrected chi connectivity index (χ1v) is 24.5. The third kappa shape index (κ3) is 5.97. The average molecular weight is 893 g/mol. The average Bonchev–Trinajstić information content (AvgIpc) is 4.04. The zero-order valence-electron chi connectivity index (χ0n) is 37.7. The van der Waals surface area contributed by atoms with Crippen LogP contribution in [0.5, 0.6) is 11.5 Å². The minimum atomic E-state index is -1.01. The maximum atomic E-state index is 5.60. The zero-order valence-corrected chi connectivity index (χ0v) is 38.6. The number of rotatable bonds is 9. The Morgan fingerprint density at radius 1 is 0.368 bits per heavy atom. The minimum Gasteiger partial charge on any atom is -0.497 e. The first-order chi connectivity index (χ1) is 33.6. The van der Waals surface area contributed by atoms with Crippen molar-refractivity contribution >= 4 is 67.4 Å². The summed E-state index contributed by atoms with van der Waals surface area (Å²) in [6.45, 7) is 0. The lowest BCUT2D eigenvalue weighted by Gasteiger charge is -2.37. The molecule has 5 heteroatoms. The fraction of sp³-hybridized carbons (Fsp3) is 0.0476. The molecule has 0 atom stereocenters. The van der Waals surface area contributed by atoms with Gasteiger partial charge in [0.25, 0.3) is 0 Å². The smallest absolute Gasteiger partial charge is 0.119 e. The Hall–Kier alpha value is -8.17. The number of fused-ring (bicyclic) bond motifs is 9. The van der Waals surface area contributed by atoms with E-state index in [1.54, 1.807) is 14.2 Å². The van der Waals surface area contributed by atoms with Gasteiger partial charge in [0.2, 0.25) is 0 Å². The molecule has 13 rings (SSSR count). The molecule has 0 bridgehead atoms. The summed E-state index contributed by atoms with van der Waals surface area (Å²) in [5, 5.41) is 8.84. The van der Waals surface area contributed by atoms with Crippen molar-refractivity contribution in [2.75, 3.05) is 14.2 Å². The molecule has 0 unspecified atom stereocenters. The highest BCUT2D eigenvalue weighted by molar-refractivity contribution is 7.80. The van der Waals surface area contributed by atoms with E-state index < -0.39 is 13.3 Å². The van der Waals surface area contributed by atoms with Crippen molar-refractivity contribution in [1.82, 2.24) is 9.13 Å². The summed E-state index contributed by atoms with van der Waals surface area (Å²) >= 11 is 0. The standard InChI is InChI=1S/C63H45N2O2P/c1-66-46-34-30-44(31-35-46)64-57-25-13-10-21-51(57)54-40-42(28-38-59(54)64)63(43-29-39-60-55(41-43)52-22-11-14-26-58(52)65(60)45-32-36-47(67-2)37-33-45)56-24-12-9-20-50(56)53-23-15-27-61(62(53)63)68(48-16-5-3-6-17-48)49-18-7-4-8-19-49/h3-41H,1-2H3. The minimum absolute atomic E-state index is 0.721. The molecule has 10 aromatic carbocycles. The summed E-state index contributed by atoms with van der Waals surface area (Å²) in [4.78, 5) is 0. The molecule has 0 amide bonds. The molecule has 0 saturated carbocycles. The van der Waals surface area contributed by atoms with Crippen molar-refractivity contribution in [3.8, 4) is 34.0 Å². The monoisotopic (exact) mass is 892 g/mol. The predicted molar refractivity (Wildman–Crippen MR) is 284 cm³/mol. The van der Waals surface area contributed by atoms with E-state index in [0.29, 0.717) is 0 Å². The normalized spacial score (nSPS) is 12.8. The van der Waals surface area contributed by atoms with Crippen molar-refractivity contribution in [2.24, 2.45) is 0 Å². The number of methoxy groups -OCH3 is 2. The van der Waals surface area contributed by atoms with Crippen molar-refractivity contribution in [3.05, 3.63) is 259 Å². The van der Waals surface area contributed by atoms with E-state index >= 15 is 0 Å². The zero-order chi connectivity index (χ0) is 45.3. The summed E-state index contributed by atoms with van der Waals surface area (Å²) in [5.41, 5.74) is 13.7. The second-order valence-corrected chi connectivity index (χ2v) is 19.8. The Morgan fingerprint density at radius 2 is 0.809 bits per heavy atom. The van der Waals surface area contributed by atoms with Gasteiger partial charge in [-0.2, -0.15) is 0 Å². The molecule has 2 aromatic heterocycles. The molecule has 1 aliphatic carbocycles. The number of nitrogens with zero attached hydrogens (tertiary/aromatic N) is 2. The second kappa shape index (κ2) is 16.0. The highest BCUT2D eigenvalue weighted by atomic mass is 31.1. The molecule has 0 saturated heterocycles. The lowest BCUT2D eigenvalue weighted by atomic mass is 9.67. The van der Waals surface area contributed by atoms with Gasteiger partial charge in [-0.25, -0.2) is 0 Å². The Balaban J connectivity index is 1.16. The van der Waals surface area contributed by atoms with Gasteiger partial charge in [-0.05, 0) is 142 Å². The van der Waals surface area contributed by atoms with Crippen LogP contribution in [0, 0.1) is 0 Å². The van der Waals surface area contributed by atoms with Crippen LogP contribution < -0.4 is 25.4 Å². The molecule has 0 N–H and O–H groups in total. The van der Waals surface area contributed by atoms with Crippen LogP contribution in [0.25, 0.3) is 66.1 Å². The van der Waals surface area contributed by atoms with Gasteiger partial charge < -0.3 is 18.6 Å². The van der Waals surface area contributed by atoms with Crippen LogP contribution in [0.3, 0.4) is 0 Å². The SMILES string of the molecule is COc1ccc(-n2c3ccccc3c3cc(C4(c5ccc6c(c5)c5ccccc5n6-c5ccc(OC)cc5)c5ccccc5-c5cccc(P(c6ccccc6)c6ccccc6)c54)ccc32)cc1. The van der Waals surface area contributed by atoms with Crippen LogP contribution in [0.15, 0.2) is 237 Å². The third-order valence-corrected chi connectivity index (χ3v) is 16.7. The van der Waals surface area contributed by atoms with Gasteiger partial charge in [-0.3, -0.25) is 0 Å². The molecule has 1 aliphatic rings. The number of aromatic nitrogens is 2. The van der Waals surface area contributed by atoms with Crippen molar-refractivity contribution in [2.45, 2.75) is 5.41 Å². The van der Waals surface area contributed by atoms with E-state index in [4.69, 9.17) is 9.47 Å². The van der Waals surface area contributed by atoms with Gasteiger partial charge in [-0.1, -0.05) is 152 Å². The molecule has 12 aromatic rings. The summed E-state index contributed by atoms with van der Waals surface area (Å²) in [5.74, 6) is 1.67. The van der Waals surface area contributed by atoms with Crippen LogP contribution >= 0.6 is 7.92 Å². The van der Waals surface area contributed by atoms with Gasteiger partial charge in [-0.15, -0.1) is 0 Å².